The molecule has 2 N–H and O–H groups in total. The Morgan fingerprint density at radius 1 is 1.13 bits per heavy atom. The molecule has 0 atom stereocenters. The largest absolute Gasteiger partial charge is 0.508 e. The average molecular weight is 313 g/mol. The summed E-state index contributed by atoms with van der Waals surface area (Å²) in [6.07, 6.45) is 0.162. The van der Waals surface area contributed by atoms with Crippen LogP contribution in [0.2, 0.25) is 0 Å². The van der Waals surface area contributed by atoms with Gasteiger partial charge in [-0.05, 0) is 29.7 Å². The van der Waals surface area contributed by atoms with Crippen LogP contribution in [0.1, 0.15) is 30.9 Å². The van der Waals surface area contributed by atoms with Crippen molar-refractivity contribution in [2.75, 3.05) is 13.2 Å². The Hall–Kier alpha value is -2.49. The first-order chi connectivity index (χ1) is 11.1. The highest BCUT2D eigenvalue weighted by molar-refractivity contribution is 5.79. The smallest absolute Gasteiger partial charge is 0.224 e. The predicted molar refractivity (Wildman–Crippen MR) is 90.8 cm³/mol. The van der Waals surface area contributed by atoms with Crippen LogP contribution in [0, 0.1) is 0 Å². The van der Waals surface area contributed by atoms with Gasteiger partial charge >= 0.3 is 0 Å². The van der Waals surface area contributed by atoms with Crippen LogP contribution in [0.3, 0.4) is 0 Å². The van der Waals surface area contributed by atoms with Crippen molar-refractivity contribution in [3.8, 4) is 11.5 Å². The van der Waals surface area contributed by atoms with Crippen molar-refractivity contribution < 1.29 is 14.6 Å². The predicted octanol–water partition coefficient (Wildman–Crippen LogP) is 3.25. The lowest BCUT2D eigenvalue weighted by molar-refractivity contribution is -0.120. The van der Waals surface area contributed by atoms with E-state index in [1.165, 1.54) is 5.56 Å². The Labute approximate surface area is 137 Å². The molecule has 1 amide bonds. The number of hydrogen-bond acceptors (Lipinski definition) is 3. The summed E-state index contributed by atoms with van der Waals surface area (Å²) in [5, 5.41) is 12.4. The van der Waals surface area contributed by atoms with E-state index in [4.69, 9.17) is 4.74 Å². The number of carbonyl (C=O) groups excluding carboxylic acids is 1. The van der Waals surface area contributed by atoms with Gasteiger partial charge < -0.3 is 15.2 Å². The van der Waals surface area contributed by atoms with Gasteiger partial charge in [0.15, 0.2) is 0 Å². The van der Waals surface area contributed by atoms with Gasteiger partial charge in [-0.1, -0.05) is 44.2 Å². The first-order valence-corrected chi connectivity index (χ1v) is 7.82. The molecule has 2 aromatic carbocycles. The number of benzene rings is 2. The average Bonchev–Trinajstić information content (AvgIpc) is 2.54. The monoisotopic (exact) mass is 313 g/mol. The van der Waals surface area contributed by atoms with Crippen molar-refractivity contribution >= 4 is 5.91 Å². The highest BCUT2D eigenvalue weighted by Crippen LogP contribution is 2.18. The van der Waals surface area contributed by atoms with Gasteiger partial charge in [-0.2, -0.15) is 0 Å². The molecule has 0 aliphatic carbocycles. The van der Waals surface area contributed by atoms with Crippen LogP contribution in [0.15, 0.2) is 48.5 Å². The standard InChI is InChI=1S/C19H23NO3/c1-14(2)15-7-9-17(10-8-15)23-12-11-20-19(22)13-16-5-3-4-6-18(16)21/h3-10,14,21H,11-13H2,1-2H3,(H,20,22). The van der Waals surface area contributed by atoms with Gasteiger partial charge in [0.2, 0.25) is 5.91 Å². The molecule has 0 spiro atoms. The van der Waals surface area contributed by atoms with E-state index in [0.717, 1.165) is 5.75 Å². The number of phenols is 1. The summed E-state index contributed by atoms with van der Waals surface area (Å²) >= 11 is 0. The first-order valence-electron chi connectivity index (χ1n) is 7.82. The summed E-state index contributed by atoms with van der Waals surface area (Å²) in [7, 11) is 0. The zero-order chi connectivity index (χ0) is 16.7. The Morgan fingerprint density at radius 3 is 2.48 bits per heavy atom. The number of ether oxygens (including phenoxy) is 1. The summed E-state index contributed by atoms with van der Waals surface area (Å²) in [5.74, 6) is 1.30. The highest BCUT2D eigenvalue weighted by atomic mass is 16.5. The van der Waals surface area contributed by atoms with E-state index < -0.39 is 0 Å². The Morgan fingerprint density at radius 2 is 1.83 bits per heavy atom. The van der Waals surface area contributed by atoms with E-state index in [9.17, 15) is 9.90 Å². The van der Waals surface area contributed by atoms with E-state index in [2.05, 4.69) is 31.3 Å². The quantitative estimate of drug-likeness (QED) is 0.771. The number of hydrogen-bond donors (Lipinski definition) is 2. The maximum atomic E-state index is 11.8. The van der Waals surface area contributed by atoms with Crippen LogP contribution < -0.4 is 10.1 Å². The molecule has 0 saturated carbocycles. The van der Waals surface area contributed by atoms with Crippen molar-refractivity contribution in [3.63, 3.8) is 0 Å². The number of amides is 1. The normalized spacial score (nSPS) is 10.6. The second kappa shape index (κ2) is 8.22. The number of carbonyl (C=O) groups is 1. The van der Waals surface area contributed by atoms with E-state index >= 15 is 0 Å². The fraction of sp³-hybridized carbons (Fsp3) is 0.316. The molecule has 122 valence electrons. The zero-order valence-electron chi connectivity index (χ0n) is 13.6. The fourth-order valence-corrected chi connectivity index (χ4v) is 2.20. The lowest BCUT2D eigenvalue weighted by atomic mass is 10.0. The number of phenolic OH excluding ortho intramolecular Hbond substituents is 1. The van der Waals surface area contributed by atoms with Crippen LogP contribution in [0.25, 0.3) is 0 Å². The molecule has 23 heavy (non-hydrogen) atoms. The molecule has 4 nitrogen and oxygen atoms in total. The van der Waals surface area contributed by atoms with Crippen molar-refractivity contribution in [2.45, 2.75) is 26.2 Å². The maximum absolute atomic E-state index is 11.8. The first kappa shape index (κ1) is 16.9. The summed E-state index contributed by atoms with van der Waals surface area (Å²) in [6.45, 7) is 5.14. The number of nitrogens with one attached hydrogen (secondary N) is 1. The second-order valence-electron chi connectivity index (χ2n) is 5.73. The third-order valence-electron chi connectivity index (χ3n) is 3.58. The van der Waals surface area contributed by atoms with Crippen molar-refractivity contribution in [1.29, 1.82) is 0 Å². The molecule has 2 rings (SSSR count). The maximum Gasteiger partial charge on any atom is 0.224 e. The third-order valence-corrected chi connectivity index (χ3v) is 3.58. The Kier molecular flexibility index (Phi) is 6.03. The van der Waals surface area contributed by atoms with Gasteiger partial charge in [-0.3, -0.25) is 4.79 Å². The van der Waals surface area contributed by atoms with Crippen LogP contribution in [-0.4, -0.2) is 24.2 Å². The van der Waals surface area contributed by atoms with Crippen LogP contribution in [-0.2, 0) is 11.2 Å². The minimum atomic E-state index is -0.134. The third kappa shape index (κ3) is 5.33. The molecule has 0 aliphatic heterocycles. The number of para-hydroxylation sites is 1. The summed E-state index contributed by atoms with van der Waals surface area (Å²) in [6, 6.07) is 14.8. The minimum Gasteiger partial charge on any atom is -0.508 e. The summed E-state index contributed by atoms with van der Waals surface area (Å²) in [5.41, 5.74) is 1.89. The van der Waals surface area contributed by atoms with E-state index in [1.54, 1.807) is 24.3 Å². The van der Waals surface area contributed by atoms with Crippen molar-refractivity contribution in [1.82, 2.24) is 5.32 Å². The van der Waals surface area contributed by atoms with E-state index in [-0.39, 0.29) is 18.1 Å². The Bertz CT molecular complexity index is 635. The highest BCUT2D eigenvalue weighted by Gasteiger charge is 2.06. The number of rotatable bonds is 7. The molecule has 0 saturated heterocycles. The molecular weight excluding hydrogens is 290 g/mol. The topological polar surface area (TPSA) is 58.6 Å². The van der Waals surface area contributed by atoms with Crippen molar-refractivity contribution in [2.24, 2.45) is 0 Å². The van der Waals surface area contributed by atoms with Gasteiger partial charge in [-0.15, -0.1) is 0 Å². The molecule has 4 heteroatoms. The van der Waals surface area contributed by atoms with Gasteiger partial charge in [0.05, 0.1) is 13.0 Å². The van der Waals surface area contributed by atoms with Crippen molar-refractivity contribution in [3.05, 3.63) is 59.7 Å². The molecule has 0 bridgehead atoms. The molecule has 0 heterocycles. The van der Waals surface area contributed by atoms with Gasteiger partial charge in [-0.25, -0.2) is 0 Å². The molecular formula is C19H23NO3. The van der Waals surface area contributed by atoms with Crippen LogP contribution in [0.4, 0.5) is 0 Å². The minimum absolute atomic E-state index is 0.134. The molecule has 0 fully saturated rings. The van der Waals surface area contributed by atoms with E-state index in [0.29, 0.717) is 24.6 Å². The Balaban J connectivity index is 1.70. The van der Waals surface area contributed by atoms with E-state index in [1.807, 2.05) is 12.1 Å². The van der Waals surface area contributed by atoms with Crippen LogP contribution in [0.5, 0.6) is 11.5 Å². The van der Waals surface area contributed by atoms with Gasteiger partial charge in [0.1, 0.15) is 18.1 Å². The molecule has 0 unspecified atom stereocenters. The molecule has 2 aromatic rings. The van der Waals surface area contributed by atoms with Crippen LogP contribution >= 0.6 is 0 Å². The van der Waals surface area contributed by atoms with Gasteiger partial charge in [0, 0.05) is 5.56 Å². The lowest BCUT2D eigenvalue weighted by Gasteiger charge is -2.10. The fourth-order valence-electron chi connectivity index (χ4n) is 2.20. The van der Waals surface area contributed by atoms with Gasteiger partial charge in [0.25, 0.3) is 0 Å². The second-order valence-corrected chi connectivity index (χ2v) is 5.73. The summed E-state index contributed by atoms with van der Waals surface area (Å²) < 4.78 is 5.60. The zero-order valence-corrected chi connectivity index (χ0v) is 13.6. The summed E-state index contributed by atoms with van der Waals surface area (Å²) in [4.78, 5) is 11.8. The molecule has 0 aliphatic rings. The number of aromatic hydroxyl groups is 1. The molecule has 0 radical (unpaired) electrons. The lowest BCUT2D eigenvalue weighted by Crippen LogP contribution is -2.29. The SMILES string of the molecule is CC(C)c1ccc(OCCNC(=O)Cc2ccccc2O)cc1. The molecule has 0 aromatic heterocycles.